The van der Waals surface area contributed by atoms with E-state index in [0.717, 1.165) is 24.3 Å². The molecule has 1 amide bonds. The Labute approximate surface area is 131 Å². The average molecular weight is 298 g/mol. The fourth-order valence-electron chi connectivity index (χ4n) is 2.08. The highest BCUT2D eigenvalue weighted by atomic mass is 16.5. The van der Waals surface area contributed by atoms with Gasteiger partial charge in [-0.05, 0) is 30.5 Å². The molecule has 0 aliphatic heterocycles. The predicted molar refractivity (Wildman–Crippen MR) is 89.3 cm³/mol. The molecule has 0 saturated heterocycles. The van der Waals surface area contributed by atoms with E-state index in [1.165, 1.54) is 5.56 Å². The molecule has 22 heavy (non-hydrogen) atoms. The Kier molecular flexibility index (Phi) is 6.30. The van der Waals surface area contributed by atoms with Gasteiger partial charge in [-0.25, -0.2) is 0 Å². The van der Waals surface area contributed by atoms with Crippen molar-refractivity contribution < 1.29 is 9.53 Å². The third kappa shape index (κ3) is 5.48. The molecule has 2 aromatic rings. The van der Waals surface area contributed by atoms with Crippen LogP contribution in [0.15, 0.2) is 54.6 Å². The Balaban J connectivity index is 1.74. The number of hydrogen-bond acceptors (Lipinski definition) is 3. The number of rotatable bonds is 8. The number of nitrogens with one attached hydrogen (secondary N) is 2. The van der Waals surface area contributed by atoms with Gasteiger partial charge in [0, 0.05) is 18.8 Å². The molecule has 0 bridgehead atoms. The predicted octanol–water partition coefficient (Wildman–Crippen LogP) is 2.86. The molecule has 0 spiro atoms. The lowest BCUT2D eigenvalue weighted by Crippen LogP contribution is -2.26. The van der Waals surface area contributed by atoms with Crippen molar-refractivity contribution in [3.63, 3.8) is 0 Å². The van der Waals surface area contributed by atoms with Crippen LogP contribution in [0.1, 0.15) is 12.0 Å². The van der Waals surface area contributed by atoms with Crippen molar-refractivity contribution >= 4 is 11.6 Å². The van der Waals surface area contributed by atoms with Crippen LogP contribution in [0.4, 0.5) is 5.69 Å². The molecular weight excluding hydrogens is 276 g/mol. The first-order chi connectivity index (χ1) is 10.8. The molecule has 0 aromatic heterocycles. The molecule has 0 unspecified atom stereocenters. The van der Waals surface area contributed by atoms with E-state index >= 15 is 0 Å². The number of likely N-dealkylation sites (N-methyl/N-ethyl adjacent to an activating group) is 1. The molecule has 2 N–H and O–H groups in total. The van der Waals surface area contributed by atoms with Gasteiger partial charge in [-0.2, -0.15) is 0 Å². The van der Waals surface area contributed by atoms with E-state index in [0.29, 0.717) is 6.61 Å². The molecule has 4 heteroatoms. The number of ether oxygens (including phenoxy) is 1. The molecular formula is C18H22N2O2. The van der Waals surface area contributed by atoms with Crippen LogP contribution in [0.3, 0.4) is 0 Å². The topological polar surface area (TPSA) is 50.4 Å². The van der Waals surface area contributed by atoms with Crippen molar-refractivity contribution in [1.82, 2.24) is 5.32 Å². The van der Waals surface area contributed by atoms with Crippen LogP contribution < -0.4 is 15.4 Å². The van der Waals surface area contributed by atoms with Gasteiger partial charge in [-0.1, -0.05) is 36.4 Å². The fourth-order valence-corrected chi connectivity index (χ4v) is 2.08. The number of carbonyl (C=O) groups excluding carboxylic acids is 1. The van der Waals surface area contributed by atoms with E-state index in [1.807, 2.05) is 30.3 Å². The molecule has 2 aromatic carbocycles. The summed E-state index contributed by atoms with van der Waals surface area (Å²) >= 11 is 0. The molecule has 116 valence electrons. The first kappa shape index (κ1) is 15.9. The first-order valence-electron chi connectivity index (χ1n) is 7.49. The Morgan fingerprint density at radius 2 is 1.91 bits per heavy atom. The van der Waals surface area contributed by atoms with Crippen LogP contribution in [-0.2, 0) is 11.2 Å². The zero-order valence-corrected chi connectivity index (χ0v) is 12.8. The van der Waals surface area contributed by atoms with Crippen LogP contribution in [0.25, 0.3) is 0 Å². The monoisotopic (exact) mass is 298 g/mol. The number of anilines is 1. The summed E-state index contributed by atoms with van der Waals surface area (Å²) in [7, 11) is 1.62. The zero-order chi connectivity index (χ0) is 15.6. The highest BCUT2D eigenvalue weighted by Crippen LogP contribution is 2.17. The third-order valence-electron chi connectivity index (χ3n) is 3.29. The van der Waals surface area contributed by atoms with E-state index in [9.17, 15) is 4.79 Å². The lowest BCUT2D eigenvalue weighted by molar-refractivity contribution is -0.118. The molecule has 2 rings (SSSR count). The van der Waals surface area contributed by atoms with Gasteiger partial charge < -0.3 is 15.4 Å². The van der Waals surface area contributed by atoms with Crippen LogP contribution in [-0.4, -0.2) is 26.1 Å². The summed E-state index contributed by atoms with van der Waals surface area (Å²) in [4.78, 5) is 11.2. The number of benzene rings is 2. The summed E-state index contributed by atoms with van der Waals surface area (Å²) in [6.07, 6.45) is 1.98. The standard InChI is InChI=1S/C18H22N2O2/c1-19-18(21)14-20-16-10-5-11-17(13-16)22-12-6-9-15-7-3-2-4-8-15/h2-5,7-8,10-11,13,20H,6,9,12,14H2,1H3,(H,19,21). The first-order valence-corrected chi connectivity index (χ1v) is 7.49. The second-order valence-electron chi connectivity index (χ2n) is 4.99. The minimum atomic E-state index is -0.0471. The molecule has 0 saturated carbocycles. The van der Waals surface area contributed by atoms with Gasteiger partial charge in [-0.3, -0.25) is 4.79 Å². The smallest absolute Gasteiger partial charge is 0.239 e. The highest BCUT2D eigenvalue weighted by Gasteiger charge is 2.00. The van der Waals surface area contributed by atoms with Gasteiger partial charge in [0.25, 0.3) is 0 Å². The van der Waals surface area contributed by atoms with Crippen molar-refractivity contribution in [3.8, 4) is 5.75 Å². The average Bonchev–Trinajstić information content (AvgIpc) is 2.58. The number of carbonyl (C=O) groups is 1. The molecule has 0 atom stereocenters. The number of amides is 1. The molecule has 0 fully saturated rings. The quantitative estimate of drug-likeness (QED) is 0.737. The van der Waals surface area contributed by atoms with E-state index < -0.39 is 0 Å². The summed E-state index contributed by atoms with van der Waals surface area (Å²) < 4.78 is 5.76. The maximum atomic E-state index is 11.2. The summed E-state index contributed by atoms with van der Waals surface area (Å²) in [5, 5.41) is 5.63. The van der Waals surface area contributed by atoms with Crippen molar-refractivity contribution in [2.24, 2.45) is 0 Å². The lowest BCUT2D eigenvalue weighted by Gasteiger charge is -2.09. The fraction of sp³-hybridized carbons (Fsp3) is 0.278. The van der Waals surface area contributed by atoms with Crippen LogP contribution in [0, 0.1) is 0 Å². The third-order valence-corrected chi connectivity index (χ3v) is 3.29. The normalized spacial score (nSPS) is 10.0. The Bertz CT molecular complexity index is 585. The number of hydrogen-bond donors (Lipinski definition) is 2. The maximum Gasteiger partial charge on any atom is 0.239 e. The summed E-state index contributed by atoms with van der Waals surface area (Å²) in [5.74, 6) is 0.768. The van der Waals surface area contributed by atoms with E-state index in [-0.39, 0.29) is 12.5 Å². The van der Waals surface area contributed by atoms with Gasteiger partial charge in [0.15, 0.2) is 0 Å². The van der Waals surface area contributed by atoms with Gasteiger partial charge >= 0.3 is 0 Å². The van der Waals surface area contributed by atoms with E-state index in [2.05, 4.69) is 34.9 Å². The Hall–Kier alpha value is -2.49. The summed E-state index contributed by atoms with van der Waals surface area (Å²) in [6.45, 7) is 0.932. The second-order valence-corrected chi connectivity index (χ2v) is 4.99. The molecule has 0 heterocycles. The Morgan fingerprint density at radius 3 is 2.68 bits per heavy atom. The molecule has 0 aliphatic carbocycles. The zero-order valence-electron chi connectivity index (χ0n) is 12.8. The SMILES string of the molecule is CNC(=O)CNc1cccc(OCCCc2ccccc2)c1. The van der Waals surface area contributed by atoms with Gasteiger partial charge in [0.2, 0.25) is 5.91 Å². The van der Waals surface area contributed by atoms with Gasteiger partial charge in [0.05, 0.1) is 13.2 Å². The van der Waals surface area contributed by atoms with E-state index in [1.54, 1.807) is 7.05 Å². The van der Waals surface area contributed by atoms with Crippen molar-refractivity contribution in [2.75, 3.05) is 25.5 Å². The summed E-state index contributed by atoms with van der Waals surface area (Å²) in [6, 6.07) is 18.1. The molecule has 0 radical (unpaired) electrons. The van der Waals surface area contributed by atoms with Gasteiger partial charge in [-0.15, -0.1) is 0 Å². The van der Waals surface area contributed by atoms with Crippen LogP contribution >= 0.6 is 0 Å². The number of aryl methyl sites for hydroxylation is 1. The van der Waals surface area contributed by atoms with Crippen LogP contribution in [0.5, 0.6) is 5.75 Å². The largest absolute Gasteiger partial charge is 0.494 e. The molecule has 4 nitrogen and oxygen atoms in total. The van der Waals surface area contributed by atoms with Crippen molar-refractivity contribution in [3.05, 3.63) is 60.2 Å². The van der Waals surface area contributed by atoms with E-state index in [4.69, 9.17) is 4.74 Å². The lowest BCUT2D eigenvalue weighted by atomic mass is 10.1. The van der Waals surface area contributed by atoms with Gasteiger partial charge in [0.1, 0.15) is 5.75 Å². The van der Waals surface area contributed by atoms with Crippen molar-refractivity contribution in [2.45, 2.75) is 12.8 Å². The second kappa shape index (κ2) is 8.72. The minimum Gasteiger partial charge on any atom is -0.494 e. The minimum absolute atomic E-state index is 0.0471. The highest BCUT2D eigenvalue weighted by molar-refractivity contribution is 5.80. The van der Waals surface area contributed by atoms with Crippen molar-refractivity contribution in [1.29, 1.82) is 0 Å². The Morgan fingerprint density at radius 1 is 1.09 bits per heavy atom. The summed E-state index contributed by atoms with van der Waals surface area (Å²) in [5.41, 5.74) is 2.20. The molecule has 0 aliphatic rings. The van der Waals surface area contributed by atoms with Crippen LogP contribution in [0.2, 0.25) is 0 Å². The maximum absolute atomic E-state index is 11.2.